The highest BCUT2D eigenvalue weighted by Gasteiger charge is 2.13. The molecule has 19 heavy (non-hydrogen) atoms. The summed E-state index contributed by atoms with van der Waals surface area (Å²) in [6, 6.07) is 8.34. The number of rotatable bonds is 3. The maximum atomic E-state index is 5.78. The molecule has 0 amide bonds. The van der Waals surface area contributed by atoms with Gasteiger partial charge in [0.1, 0.15) is 17.4 Å². The number of aromatic nitrogens is 1. The summed E-state index contributed by atoms with van der Waals surface area (Å²) >= 11 is 1.70. The van der Waals surface area contributed by atoms with Gasteiger partial charge in [0.15, 0.2) is 0 Å². The first-order chi connectivity index (χ1) is 8.86. The molecule has 0 aliphatic rings. The van der Waals surface area contributed by atoms with Crippen molar-refractivity contribution in [1.29, 1.82) is 0 Å². The number of hydrogen-bond acceptors (Lipinski definition) is 3. The van der Waals surface area contributed by atoms with Crippen molar-refractivity contribution in [3.8, 4) is 5.75 Å². The topological polar surface area (TPSA) is 22.1 Å². The van der Waals surface area contributed by atoms with Crippen LogP contribution in [0.2, 0.25) is 0 Å². The molecule has 0 saturated carbocycles. The van der Waals surface area contributed by atoms with E-state index in [-0.39, 0.29) is 5.41 Å². The molecule has 0 saturated heterocycles. The van der Waals surface area contributed by atoms with Gasteiger partial charge in [-0.1, -0.05) is 32.9 Å². The third-order valence-corrected chi connectivity index (χ3v) is 4.20. The minimum absolute atomic E-state index is 0.183. The molecule has 0 N–H and O–H groups in total. The molecule has 0 radical (unpaired) electrons. The van der Waals surface area contributed by atoms with Crippen molar-refractivity contribution < 1.29 is 4.74 Å². The lowest BCUT2D eigenvalue weighted by atomic mass is 9.87. The molecule has 0 aliphatic carbocycles. The molecule has 2 rings (SSSR count). The van der Waals surface area contributed by atoms with Gasteiger partial charge in [-0.2, -0.15) is 0 Å². The SMILES string of the molecule is Cc1nc(COc2ccc(C(C)(C)C)cc2)sc1C. The Morgan fingerprint density at radius 3 is 2.21 bits per heavy atom. The molecule has 2 aromatic rings. The van der Waals surface area contributed by atoms with Crippen LogP contribution in [0.4, 0.5) is 0 Å². The Kier molecular flexibility index (Phi) is 3.95. The van der Waals surface area contributed by atoms with Crippen LogP contribution >= 0.6 is 11.3 Å². The minimum atomic E-state index is 0.183. The lowest BCUT2D eigenvalue weighted by Crippen LogP contribution is -2.10. The van der Waals surface area contributed by atoms with E-state index in [4.69, 9.17) is 4.74 Å². The van der Waals surface area contributed by atoms with Crippen LogP contribution in [0.1, 0.15) is 41.9 Å². The number of hydrogen-bond donors (Lipinski definition) is 0. The molecule has 1 heterocycles. The van der Waals surface area contributed by atoms with Crippen molar-refractivity contribution in [1.82, 2.24) is 4.98 Å². The summed E-state index contributed by atoms with van der Waals surface area (Å²) in [5.41, 5.74) is 2.61. The Balaban J connectivity index is 2.00. The third-order valence-electron chi connectivity index (χ3n) is 3.16. The smallest absolute Gasteiger partial charge is 0.140 e. The Hall–Kier alpha value is -1.35. The zero-order valence-corrected chi connectivity index (χ0v) is 13.1. The molecule has 102 valence electrons. The molecular weight excluding hydrogens is 254 g/mol. The fourth-order valence-corrected chi connectivity index (χ4v) is 2.64. The second-order valence-electron chi connectivity index (χ2n) is 5.81. The van der Waals surface area contributed by atoms with Gasteiger partial charge < -0.3 is 4.74 Å². The first-order valence-electron chi connectivity index (χ1n) is 6.52. The fraction of sp³-hybridized carbons (Fsp3) is 0.438. The van der Waals surface area contributed by atoms with Crippen LogP contribution in [0.3, 0.4) is 0 Å². The van der Waals surface area contributed by atoms with E-state index in [2.05, 4.69) is 44.8 Å². The van der Waals surface area contributed by atoms with E-state index in [0.29, 0.717) is 6.61 Å². The van der Waals surface area contributed by atoms with Crippen LogP contribution in [-0.2, 0) is 12.0 Å². The fourth-order valence-electron chi connectivity index (χ4n) is 1.80. The van der Waals surface area contributed by atoms with Gasteiger partial charge in [0.05, 0.1) is 5.69 Å². The lowest BCUT2D eigenvalue weighted by Gasteiger charge is -2.19. The molecule has 0 atom stereocenters. The van der Waals surface area contributed by atoms with Crippen LogP contribution in [-0.4, -0.2) is 4.98 Å². The van der Waals surface area contributed by atoms with Crippen LogP contribution in [0.25, 0.3) is 0 Å². The van der Waals surface area contributed by atoms with E-state index in [1.54, 1.807) is 11.3 Å². The molecule has 0 aliphatic heterocycles. The Morgan fingerprint density at radius 2 is 1.74 bits per heavy atom. The van der Waals surface area contributed by atoms with Gasteiger partial charge in [0, 0.05) is 4.88 Å². The average Bonchev–Trinajstić information content (AvgIpc) is 2.66. The number of aryl methyl sites for hydroxylation is 2. The molecule has 2 nitrogen and oxygen atoms in total. The standard InChI is InChI=1S/C16H21NOS/c1-11-12(2)19-15(17-11)10-18-14-8-6-13(7-9-14)16(3,4)5/h6-9H,10H2,1-5H3. The normalized spacial score (nSPS) is 11.6. The number of nitrogens with zero attached hydrogens (tertiary/aromatic N) is 1. The van der Waals surface area contributed by atoms with Crippen molar-refractivity contribution in [3.05, 3.63) is 45.4 Å². The van der Waals surface area contributed by atoms with E-state index < -0.39 is 0 Å². The van der Waals surface area contributed by atoms with Gasteiger partial charge in [-0.15, -0.1) is 11.3 Å². The highest BCUT2D eigenvalue weighted by atomic mass is 32.1. The van der Waals surface area contributed by atoms with Gasteiger partial charge in [0.25, 0.3) is 0 Å². The van der Waals surface area contributed by atoms with Crippen molar-refractivity contribution in [3.63, 3.8) is 0 Å². The summed E-state index contributed by atoms with van der Waals surface area (Å²) in [5.74, 6) is 0.901. The molecule has 0 bridgehead atoms. The average molecular weight is 275 g/mol. The van der Waals surface area contributed by atoms with Crippen LogP contribution < -0.4 is 4.74 Å². The van der Waals surface area contributed by atoms with E-state index in [9.17, 15) is 0 Å². The predicted octanol–water partition coefficient (Wildman–Crippen LogP) is 4.64. The van der Waals surface area contributed by atoms with Crippen LogP contribution in [0, 0.1) is 13.8 Å². The Bertz CT molecular complexity index is 530. The maximum Gasteiger partial charge on any atom is 0.140 e. The van der Waals surface area contributed by atoms with Crippen molar-refractivity contribution in [2.45, 2.75) is 46.6 Å². The van der Waals surface area contributed by atoms with Crippen molar-refractivity contribution in [2.24, 2.45) is 0 Å². The lowest BCUT2D eigenvalue weighted by molar-refractivity contribution is 0.305. The molecule has 0 unspecified atom stereocenters. The predicted molar refractivity (Wildman–Crippen MR) is 81.1 cm³/mol. The maximum absolute atomic E-state index is 5.78. The summed E-state index contributed by atoms with van der Waals surface area (Å²) in [6.07, 6.45) is 0. The number of benzene rings is 1. The largest absolute Gasteiger partial charge is 0.486 e. The zero-order valence-electron chi connectivity index (χ0n) is 12.3. The number of ether oxygens (including phenoxy) is 1. The van der Waals surface area contributed by atoms with Gasteiger partial charge in [-0.3, -0.25) is 0 Å². The first-order valence-corrected chi connectivity index (χ1v) is 7.34. The molecular formula is C16H21NOS. The van der Waals surface area contributed by atoms with E-state index >= 15 is 0 Å². The second-order valence-corrected chi connectivity index (χ2v) is 7.10. The van der Waals surface area contributed by atoms with Gasteiger partial charge in [0.2, 0.25) is 0 Å². The third kappa shape index (κ3) is 3.57. The molecule has 0 fully saturated rings. The highest BCUT2D eigenvalue weighted by molar-refractivity contribution is 7.11. The molecule has 1 aromatic heterocycles. The minimum Gasteiger partial charge on any atom is -0.486 e. The zero-order chi connectivity index (χ0) is 14.0. The molecule has 0 spiro atoms. The summed E-state index contributed by atoms with van der Waals surface area (Å²) in [5, 5.41) is 1.04. The van der Waals surface area contributed by atoms with Gasteiger partial charge in [-0.05, 0) is 37.0 Å². The highest BCUT2D eigenvalue weighted by Crippen LogP contribution is 2.25. The van der Waals surface area contributed by atoms with E-state index in [0.717, 1.165) is 16.5 Å². The quantitative estimate of drug-likeness (QED) is 0.814. The second kappa shape index (κ2) is 5.33. The summed E-state index contributed by atoms with van der Waals surface area (Å²) < 4.78 is 5.78. The number of thiazole rings is 1. The van der Waals surface area contributed by atoms with Gasteiger partial charge >= 0.3 is 0 Å². The molecule has 3 heteroatoms. The van der Waals surface area contributed by atoms with Crippen molar-refractivity contribution >= 4 is 11.3 Å². The van der Waals surface area contributed by atoms with E-state index in [1.165, 1.54) is 10.4 Å². The molecule has 1 aromatic carbocycles. The van der Waals surface area contributed by atoms with Crippen molar-refractivity contribution in [2.75, 3.05) is 0 Å². The first kappa shape index (κ1) is 14.1. The van der Waals surface area contributed by atoms with Gasteiger partial charge in [-0.25, -0.2) is 4.98 Å². The Labute approximate surface area is 119 Å². The van der Waals surface area contributed by atoms with Crippen LogP contribution in [0.15, 0.2) is 24.3 Å². The summed E-state index contributed by atoms with van der Waals surface area (Å²) in [6.45, 7) is 11.3. The van der Waals surface area contributed by atoms with E-state index in [1.807, 2.05) is 19.1 Å². The van der Waals surface area contributed by atoms with Crippen LogP contribution in [0.5, 0.6) is 5.75 Å². The Morgan fingerprint density at radius 1 is 1.11 bits per heavy atom. The summed E-state index contributed by atoms with van der Waals surface area (Å²) in [7, 11) is 0. The monoisotopic (exact) mass is 275 g/mol. The summed E-state index contributed by atoms with van der Waals surface area (Å²) in [4.78, 5) is 5.74.